The van der Waals surface area contributed by atoms with Crippen molar-refractivity contribution in [2.24, 2.45) is 0 Å². The lowest BCUT2D eigenvalue weighted by Gasteiger charge is -2.27. The van der Waals surface area contributed by atoms with Crippen LogP contribution in [0.5, 0.6) is 0 Å². The largest absolute Gasteiger partial charge is 0.457 e. The summed E-state index contributed by atoms with van der Waals surface area (Å²) in [5.74, 6) is 0.176. The first-order chi connectivity index (χ1) is 14.9. The first-order valence-electron chi connectivity index (χ1n) is 9.74. The number of Topliss-reactive ketones (excluding diaryl/α,β-unsaturated/α-hetero) is 1. The number of carbonyl (C=O) groups is 4. The maximum absolute atomic E-state index is 12.7. The third kappa shape index (κ3) is 4.62. The fourth-order valence-electron chi connectivity index (χ4n) is 3.27. The van der Waals surface area contributed by atoms with Gasteiger partial charge in [0.2, 0.25) is 5.91 Å². The number of ether oxygens (including phenoxy) is 1. The second kappa shape index (κ2) is 8.91. The minimum Gasteiger partial charge on any atom is -0.457 e. The van der Waals surface area contributed by atoms with Crippen LogP contribution in [0.1, 0.15) is 23.0 Å². The van der Waals surface area contributed by atoms with Gasteiger partial charge < -0.3 is 14.1 Å². The number of morpholine rings is 1. The molecule has 31 heavy (non-hydrogen) atoms. The Balaban J connectivity index is 1.45. The number of rotatable bonds is 5. The second-order valence-corrected chi connectivity index (χ2v) is 8.09. The summed E-state index contributed by atoms with van der Waals surface area (Å²) < 4.78 is 11.0. The van der Waals surface area contributed by atoms with E-state index in [4.69, 9.17) is 9.15 Å². The van der Waals surface area contributed by atoms with Crippen LogP contribution in [0, 0.1) is 0 Å². The predicted octanol–water partition coefficient (Wildman–Crippen LogP) is 3.04. The van der Waals surface area contributed by atoms with Crippen LogP contribution in [0.2, 0.25) is 0 Å². The molecule has 0 aliphatic carbocycles. The minimum absolute atomic E-state index is 0.0190. The molecular formula is C22H20N2O6S. The highest BCUT2D eigenvalue weighted by Gasteiger charge is 2.37. The Morgan fingerprint density at radius 3 is 2.45 bits per heavy atom. The number of thioether (sulfide) groups is 1. The van der Waals surface area contributed by atoms with E-state index in [2.05, 4.69) is 0 Å². The van der Waals surface area contributed by atoms with Crippen molar-refractivity contribution < 1.29 is 28.3 Å². The van der Waals surface area contributed by atoms with E-state index in [9.17, 15) is 19.2 Å². The van der Waals surface area contributed by atoms with Gasteiger partial charge in [0.15, 0.2) is 5.78 Å². The molecule has 4 rings (SSSR count). The van der Waals surface area contributed by atoms with Crippen LogP contribution < -0.4 is 0 Å². The third-order valence-corrected chi connectivity index (χ3v) is 5.91. The number of furan rings is 1. The van der Waals surface area contributed by atoms with Gasteiger partial charge in [-0.2, -0.15) is 0 Å². The van der Waals surface area contributed by atoms with Gasteiger partial charge in [0.05, 0.1) is 18.1 Å². The molecule has 1 aromatic carbocycles. The molecule has 0 N–H and O–H groups in total. The smallest absolute Gasteiger partial charge is 0.294 e. The van der Waals surface area contributed by atoms with Gasteiger partial charge in [-0.15, -0.1) is 0 Å². The van der Waals surface area contributed by atoms with Crippen molar-refractivity contribution in [2.75, 3.05) is 32.8 Å². The zero-order chi connectivity index (χ0) is 22.0. The molecule has 2 aliphatic heterocycles. The Kier molecular flexibility index (Phi) is 6.06. The first-order valence-corrected chi connectivity index (χ1v) is 10.6. The first kappa shape index (κ1) is 21.1. The number of nitrogens with zero attached hydrogens (tertiary/aromatic N) is 2. The van der Waals surface area contributed by atoms with Gasteiger partial charge in [0, 0.05) is 30.3 Å². The number of hydrogen-bond acceptors (Lipinski definition) is 7. The molecule has 8 nitrogen and oxygen atoms in total. The zero-order valence-electron chi connectivity index (χ0n) is 16.8. The molecule has 0 atom stereocenters. The number of ketones is 1. The maximum Gasteiger partial charge on any atom is 0.294 e. The molecule has 0 saturated carbocycles. The molecule has 2 fully saturated rings. The molecule has 0 radical (unpaired) electrons. The number of imide groups is 1. The monoisotopic (exact) mass is 440 g/mol. The van der Waals surface area contributed by atoms with Crippen molar-refractivity contribution in [3.05, 3.63) is 52.6 Å². The fraction of sp³-hybridized carbons (Fsp3) is 0.273. The van der Waals surface area contributed by atoms with Crippen molar-refractivity contribution in [1.29, 1.82) is 0 Å². The Bertz CT molecular complexity index is 1070. The third-order valence-electron chi connectivity index (χ3n) is 5.01. The van der Waals surface area contributed by atoms with Crippen LogP contribution >= 0.6 is 11.8 Å². The molecule has 0 spiro atoms. The maximum atomic E-state index is 12.7. The number of benzene rings is 1. The van der Waals surface area contributed by atoms with Crippen LogP contribution in [0.15, 0.2) is 45.7 Å². The molecule has 3 amide bonds. The molecule has 1 aromatic heterocycles. The SMILES string of the molecule is CC(=O)c1ccc(-c2ccc(C=C3SC(=O)N(CC(=O)N4CCOCC4)C3=O)o2)cc1. The lowest BCUT2D eigenvalue weighted by molar-refractivity contribution is -0.139. The van der Waals surface area contributed by atoms with Gasteiger partial charge in [-0.05, 0) is 30.8 Å². The standard InChI is InChI=1S/C22H20N2O6S/c1-14(25)15-2-4-16(5-3-15)18-7-6-17(30-18)12-19-21(27)24(22(28)31-19)13-20(26)23-8-10-29-11-9-23/h2-7,12H,8-11,13H2,1H3. The topological polar surface area (TPSA) is 97.1 Å². The number of hydrogen-bond donors (Lipinski definition) is 0. The molecule has 9 heteroatoms. The van der Waals surface area contributed by atoms with Crippen LogP contribution in [0.25, 0.3) is 17.4 Å². The summed E-state index contributed by atoms with van der Waals surface area (Å²) in [6.07, 6.45) is 1.50. The summed E-state index contributed by atoms with van der Waals surface area (Å²) in [7, 11) is 0. The van der Waals surface area contributed by atoms with E-state index >= 15 is 0 Å². The van der Waals surface area contributed by atoms with E-state index in [1.165, 1.54) is 13.0 Å². The minimum atomic E-state index is -0.514. The second-order valence-electron chi connectivity index (χ2n) is 7.10. The van der Waals surface area contributed by atoms with E-state index in [-0.39, 0.29) is 23.1 Å². The van der Waals surface area contributed by atoms with Crippen LogP contribution in [0.4, 0.5) is 4.79 Å². The summed E-state index contributed by atoms with van der Waals surface area (Å²) in [5.41, 5.74) is 1.39. The molecule has 3 heterocycles. The van der Waals surface area contributed by atoms with Crippen LogP contribution in [-0.2, 0) is 14.3 Å². The Morgan fingerprint density at radius 2 is 1.77 bits per heavy atom. The van der Waals surface area contributed by atoms with Gasteiger partial charge in [0.25, 0.3) is 11.1 Å². The number of carbonyl (C=O) groups excluding carboxylic acids is 4. The highest BCUT2D eigenvalue weighted by atomic mass is 32.2. The quantitative estimate of drug-likeness (QED) is 0.521. The molecule has 0 bridgehead atoms. The summed E-state index contributed by atoms with van der Waals surface area (Å²) >= 11 is 0.781. The van der Waals surface area contributed by atoms with Crippen molar-refractivity contribution in [1.82, 2.24) is 9.80 Å². The molecule has 2 saturated heterocycles. The van der Waals surface area contributed by atoms with Crippen molar-refractivity contribution in [2.45, 2.75) is 6.92 Å². The van der Waals surface area contributed by atoms with E-state index < -0.39 is 11.1 Å². The Labute approximate surface area is 182 Å². The lowest BCUT2D eigenvalue weighted by atomic mass is 10.1. The normalized spacial score (nSPS) is 18.2. The Hall–Kier alpha value is -3.17. The van der Waals surface area contributed by atoms with Crippen LogP contribution in [0.3, 0.4) is 0 Å². The van der Waals surface area contributed by atoms with E-state index in [0.717, 1.165) is 22.2 Å². The molecule has 2 aliphatic rings. The van der Waals surface area contributed by atoms with Crippen molar-refractivity contribution in [3.8, 4) is 11.3 Å². The van der Waals surface area contributed by atoms with Crippen LogP contribution in [-0.4, -0.2) is 65.5 Å². The molecule has 160 valence electrons. The highest BCUT2D eigenvalue weighted by molar-refractivity contribution is 8.18. The van der Waals surface area contributed by atoms with Gasteiger partial charge in [0.1, 0.15) is 18.1 Å². The summed E-state index contributed by atoms with van der Waals surface area (Å²) in [6, 6.07) is 10.4. The van der Waals surface area contributed by atoms with Gasteiger partial charge in [-0.1, -0.05) is 24.3 Å². The van der Waals surface area contributed by atoms with Crippen molar-refractivity contribution >= 4 is 40.7 Å². The average molecular weight is 440 g/mol. The van der Waals surface area contributed by atoms with Crippen molar-refractivity contribution in [3.63, 3.8) is 0 Å². The number of amides is 3. The molecular weight excluding hydrogens is 420 g/mol. The lowest BCUT2D eigenvalue weighted by Crippen LogP contribution is -2.46. The molecule has 0 unspecified atom stereocenters. The average Bonchev–Trinajstić information content (AvgIpc) is 3.35. The van der Waals surface area contributed by atoms with Gasteiger partial charge in [-0.25, -0.2) is 0 Å². The zero-order valence-corrected chi connectivity index (χ0v) is 17.6. The Morgan fingerprint density at radius 1 is 1.06 bits per heavy atom. The highest BCUT2D eigenvalue weighted by Crippen LogP contribution is 2.33. The van der Waals surface area contributed by atoms with E-state index in [0.29, 0.717) is 43.4 Å². The summed E-state index contributed by atoms with van der Waals surface area (Å²) in [6.45, 7) is 3.02. The summed E-state index contributed by atoms with van der Waals surface area (Å²) in [5, 5.41) is -0.482. The summed E-state index contributed by atoms with van der Waals surface area (Å²) in [4.78, 5) is 51.5. The predicted molar refractivity (Wildman–Crippen MR) is 114 cm³/mol. The fourth-order valence-corrected chi connectivity index (χ4v) is 4.09. The van der Waals surface area contributed by atoms with Gasteiger partial charge >= 0.3 is 0 Å². The molecule has 2 aromatic rings. The van der Waals surface area contributed by atoms with E-state index in [1.807, 2.05) is 0 Å². The van der Waals surface area contributed by atoms with E-state index in [1.54, 1.807) is 41.3 Å². The van der Waals surface area contributed by atoms with Gasteiger partial charge in [-0.3, -0.25) is 24.1 Å².